The number of pyridine rings is 2. The first-order chi connectivity index (χ1) is 13.9. The zero-order valence-electron chi connectivity index (χ0n) is 15.0. The van der Waals surface area contributed by atoms with E-state index in [-0.39, 0.29) is 23.1 Å². The minimum absolute atomic E-state index is 0.0430. The number of carbonyl (C=O) groups excluding carboxylic acids is 1. The maximum atomic E-state index is 13.4. The highest BCUT2D eigenvalue weighted by atomic mass is 35.5. The molecule has 0 fully saturated rings. The number of halogens is 2. The summed E-state index contributed by atoms with van der Waals surface area (Å²) in [6.07, 6.45) is 3.05. The summed E-state index contributed by atoms with van der Waals surface area (Å²) in [7, 11) is 0. The van der Waals surface area contributed by atoms with E-state index in [0.717, 1.165) is 6.07 Å². The second kappa shape index (κ2) is 7.56. The van der Waals surface area contributed by atoms with Gasteiger partial charge in [-0.1, -0.05) is 17.7 Å². The average molecular weight is 416 g/mol. The third kappa shape index (κ3) is 3.66. The SMILES string of the molecule is O=C1c2c(O)c(=O)cc(Oc3cccnc3)n2CCN1Cc1ccc(F)c(Cl)c1. The minimum Gasteiger partial charge on any atom is -0.503 e. The van der Waals surface area contributed by atoms with Gasteiger partial charge in [-0.3, -0.25) is 14.6 Å². The minimum atomic E-state index is -0.727. The summed E-state index contributed by atoms with van der Waals surface area (Å²) in [5, 5.41) is 10.2. The first-order valence-electron chi connectivity index (χ1n) is 8.72. The highest BCUT2D eigenvalue weighted by Crippen LogP contribution is 2.29. The number of benzene rings is 1. The number of amides is 1. The Morgan fingerprint density at radius 2 is 2.03 bits per heavy atom. The highest BCUT2D eigenvalue weighted by molar-refractivity contribution is 6.30. The lowest BCUT2D eigenvalue weighted by Crippen LogP contribution is -2.41. The standard InChI is InChI=1S/C20H15ClFN3O4/c21-14-8-12(3-4-15(14)22)11-24-6-7-25-17(29-13-2-1-5-23-10-13)9-16(26)19(27)18(25)20(24)28/h1-5,8-10,27H,6-7,11H2. The van der Waals surface area contributed by atoms with Crippen molar-refractivity contribution in [2.75, 3.05) is 6.54 Å². The molecule has 9 heteroatoms. The van der Waals surface area contributed by atoms with Crippen LogP contribution in [0.2, 0.25) is 5.02 Å². The smallest absolute Gasteiger partial charge is 0.274 e. The van der Waals surface area contributed by atoms with Crippen LogP contribution in [0.15, 0.2) is 53.6 Å². The van der Waals surface area contributed by atoms with Gasteiger partial charge in [0.25, 0.3) is 5.91 Å². The van der Waals surface area contributed by atoms with Crippen molar-refractivity contribution in [2.24, 2.45) is 0 Å². The molecule has 1 amide bonds. The number of hydrogen-bond donors (Lipinski definition) is 1. The monoisotopic (exact) mass is 415 g/mol. The van der Waals surface area contributed by atoms with Crippen molar-refractivity contribution in [2.45, 2.75) is 13.1 Å². The van der Waals surface area contributed by atoms with E-state index < -0.39 is 22.9 Å². The molecule has 0 bridgehead atoms. The van der Waals surface area contributed by atoms with Crippen molar-refractivity contribution < 1.29 is 19.0 Å². The van der Waals surface area contributed by atoms with Crippen LogP contribution in [0.5, 0.6) is 17.4 Å². The van der Waals surface area contributed by atoms with E-state index in [1.165, 1.54) is 33.9 Å². The number of aromatic nitrogens is 2. The van der Waals surface area contributed by atoms with E-state index in [4.69, 9.17) is 16.3 Å². The molecule has 0 saturated heterocycles. The topological polar surface area (TPSA) is 84.7 Å². The first kappa shape index (κ1) is 18.9. The lowest BCUT2D eigenvalue weighted by atomic mass is 10.1. The fourth-order valence-corrected chi connectivity index (χ4v) is 3.35. The molecule has 0 saturated carbocycles. The molecular weight excluding hydrogens is 401 g/mol. The predicted molar refractivity (Wildman–Crippen MR) is 103 cm³/mol. The van der Waals surface area contributed by atoms with Gasteiger partial charge >= 0.3 is 0 Å². The van der Waals surface area contributed by atoms with E-state index in [2.05, 4.69) is 4.98 Å². The van der Waals surface area contributed by atoms with Crippen LogP contribution in [0.25, 0.3) is 0 Å². The number of rotatable bonds is 4. The summed E-state index contributed by atoms with van der Waals surface area (Å²) in [6.45, 7) is 0.742. The second-order valence-electron chi connectivity index (χ2n) is 6.46. The summed E-state index contributed by atoms with van der Waals surface area (Å²) in [5.41, 5.74) is -0.256. The number of carbonyl (C=O) groups is 1. The fourth-order valence-electron chi connectivity index (χ4n) is 3.15. The van der Waals surface area contributed by atoms with Crippen molar-refractivity contribution in [3.8, 4) is 17.4 Å². The quantitative estimate of drug-likeness (QED) is 0.707. The third-order valence-electron chi connectivity index (χ3n) is 4.55. The molecule has 1 aromatic carbocycles. The molecule has 7 nitrogen and oxygen atoms in total. The van der Waals surface area contributed by atoms with Gasteiger partial charge in [-0.05, 0) is 29.8 Å². The molecule has 0 unspecified atom stereocenters. The molecule has 2 aromatic heterocycles. The van der Waals surface area contributed by atoms with Crippen LogP contribution in [-0.4, -0.2) is 32.0 Å². The van der Waals surface area contributed by atoms with Gasteiger partial charge in [0, 0.05) is 25.8 Å². The number of nitrogens with zero attached hydrogens (tertiary/aromatic N) is 3. The Morgan fingerprint density at radius 1 is 1.21 bits per heavy atom. The Bertz CT molecular complexity index is 1150. The summed E-state index contributed by atoms with van der Waals surface area (Å²) >= 11 is 5.81. The van der Waals surface area contributed by atoms with E-state index in [0.29, 0.717) is 24.4 Å². The molecule has 1 N–H and O–H groups in total. The van der Waals surface area contributed by atoms with Crippen molar-refractivity contribution in [3.05, 3.63) is 81.1 Å². The second-order valence-corrected chi connectivity index (χ2v) is 6.87. The predicted octanol–water partition coefficient (Wildman–Crippen LogP) is 3.19. The zero-order valence-corrected chi connectivity index (χ0v) is 15.8. The molecule has 0 spiro atoms. The van der Waals surface area contributed by atoms with Gasteiger partial charge in [0.15, 0.2) is 11.4 Å². The van der Waals surface area contributed by atoms with Crippen molar-refractivity contribution in [1.82, 2.24) is 14.5 Å². The van der Waals surface area contributed by atoms with Gasteiger partial charge in [0.1, 0.15) is 11.6 Å². The Hall–Kier alpha value is -3.39. The van der Waals surface area contributed by atoms with E-state index in [1.807, 2.05) is 0 Å². The lowest BCUT2D eigenvalue weighted by molar-refractivity contribution is 0.0678. The number of fused-ring (bicyclic) bond motifs is 1. The number of hydrogen-bond acceptors (Lipinski definition) is 5. The van der Waals surface area contributed by atoms with Gasteiger partial charge < -0.3 is 19.3 Å². The first-order valence-corrected chi connectivity index (χ1v) is 9.09. The Labute approximate surface area is 169 Å². The van der Waals surface area contributed by atoms with Gasteiger partial charge in [0.2, 0.25) is 11.3 Å². The normalized spacial score (nSPS) is 13.3. The van der Waals surface area contributed by atoms with Crippen LogP contribution in [0.1, 0.15) is 16.1 Å². The largest absolute Gasteiger partial charge is 0.503 e. The van der Waals surface area contributed by atoms with E-state index in [1.54, 1.807) is 18.3 Å². The highest BCUT2D eigenvalue weighted by Gasteiger charge is 2.31. The average Bonchev–Trinajstić information content (AvgIpc) is 2.71. The van der Waals surface area contributed by atoms with Crippen LogP contribution in [-0.2, 0) is 13.1 Å². The number of aromatic hydroxyl groups is 1. The molecule has 0 aliphatic carbocycles. The Morgan fingerprint density at radius 3 is 2.76 bits per heavy atom. The van der Waals surface area contributed by atoms with Gasteiger partial charge in [-0.2, -0.15) is 0 Å². The lowest BCUT2D eigenvalue weighted by Gasteiger charge is -2.31. The summed E-state index contributed by atoms with van der Waals surface area (Å²) in [5.74, 6) is -1.21. The molecule has 0 atom stereocenters. The van der Waals surface area contributed by atoms with Crippen LogP contribution >= 0.6 is 11.6 Å². The summed E-state index contributed by atoms with van der Waals surface area (Å²) < 4.78 is 20.5. The molecular formula is C20H15ClFN3O4. The molecule has 4 rings (SSSR count). The van der Waals surface area contributed by atoms with Crippen LogP contribution in [0, 0.1) is 5.82 Å². The molecule has 3 heterocycles. The maximum Gasteiger partial charge on any atom is 0.274 e. The van der Waals surface area contributed by atoms with E-state index >= 15 is 0 Å². The summed E-state index contributed by atoms with van der Waals surface area (Å²) in [4.78, 5) is 30.6. The molecule has 148 valence electrons. The summed E-state index contributed by atoms with van der Waals surface area (Å²) in [6, 6.07) is 8.65. The molecule has 1 aliphatic heterocycles. The number of ether oxygens (including phenoxy) is 1. The molecule has 0 radical (unpaired) electrons. The Kier molecular flexibility index (Phi) is 4.94. The third-order valence-corrected chi connectivity index (χ3v) is 4.84. The molecule has 1 aliphatic rings. The van der Waals surface area contributed by atoms with Crippen LogP contribution in [0.4, 0.5) is 4.39 Å². The fraction of sp³-hybridized carbons (Fsp3) is 0.150. The van der Waals surface area contributed by atoms with Crippen LogP contribution < -0.4 is 10.2 Å². The molecule has 3 aromatic rings. The van der Waals surface area contributed by atoms with E-state index in [9.17, 15) is 19.1 Å². The van der Waals surface area contributed by atoms with Gasteiger partial charge in [-0.25, -0.2) is 4.39 Å². The van der Waals surface area contributed by atoms with Crippen molar-refractivity contribution in [1.29, 1.82) is 0 Å². The maximum absolute atomic E-state index is 13.4. The molecule has 29 heavy (non-hydrogen) atoms. The van der Waals surface area contributed by atoms with Gasteiger partial charge in [-0.15, -0.1) is 0 Å². The van der Waals surface area contributed by atoms with Gasteiger partial charge in [0.05, 0.1) is 17.3 Å². The Balaban J connectivity index is 1.67. The van der Waals surface area contributed by atoms with Crippen molar-refractivity contribution in [3.63, 3.8) is 0 Å². The van der Waals surface area contributed by atoms with Crippen LogP contribution in [0.3, 0.4) is 0 Å². The van der Waals surface area contributed by atoms with Crippen molar-refractivity contribution >= 4 is 17.5 Å². The zero-order chi connectivity index (χ0) is 20.5.